The van der Waals surface area contributed by atoms with Gasteiger partial charge in [-0.2, -0.15) is 0 Å². The van der Waals surface area contributed by atoms with Crippen molar-refractivity contribution in [1.82, 2.24) is 0 Å². The lowest BCUT2D eigenvalue weighted by Crippen LogP contribution is -2.51. The predicted molar refractivity (Wildman–Crippen MR) is 82.3 cm³/mol. The van der Waals surface area contributed by atoms with Gasteiger partial charge in [0, 0.05) is 0 Å². The second-order valence-corrected chi connectivity index (χ2v) is 8.56. The van der Waals surface area contributed by atoms with E-state index in [9.17, 15) is 5.11 Å². The Morgan fingerprint density at radius 2 is 1.90 bits per heavy atom. The molecular weight excluding hydrogens is 244 g/mol. The zero-order chi connectivity index (χ0) is 14.0. The van der Waals surface area contributed by atoms with Crippen LogP contribution < -0.4 is 0 Å². The fourth-order valence-corrected chi connectivity index (χ4v) is 6.55. The number of aliphatic hydroxyl groups is 1. The minimum Gasteiger partial charge on any atom is -0.390 e. The molecule has 1 N–H and O–H groups in total. The van der Waals surface area contributed by atoms with Gasteiger partial charge in [-0.3, -0.25) is 0 Å². The smallest absolute Gasteiger partial charge is 0.0675 e. The van der Waals surface area contributed by atoms with E-state index in [1.54, 1.807) is 0 Å². The Balaban J connectivity index is 1.65. The van der Waals surface area contributed by atoms with Gasteiger partial charge < -0.3 is 5.11 Å². The van der Waals surface area contributed by atoms with Gasteiger partial charge in [-0.05, 0) is 93.8 Å². The molecule has 6 atom stereocenters. The van der Waals surface area contributed by atoms with E-state index < -0.39 is 5.60 Å². The van der Waals surface area contributed by atoms with Crippen LogP contribution in [-0.4, -0.2) is 10.7 Å². The molecule has 1 nitrogen and oxygen atoms in total. The Labute approximate surface area is 123 Å². The molecule has 4 aliphatic carbocycles. The van der Waals surface area contributed by atoms with Crippen LogP contribution in [0.25, 0.3) is 0 Å². The van der Waals surface area contributed by atoms with Gasteiger partial charge in [0.15, 0.2) is 0 Å². The number of rotatable bonds is 0. The van der Waals surface area contributed by atoms with Crippen LogP contribution in [0.5, 0.6) is 0 Å². The molecule has 0 bridgehead atoms. The fourth-order valence-electron chi connectivity index (χ4n) is 6.55. The van der Waals surface area contributed by atoms with Gasteiger partial charge in [-0.25, -0.2) is 0 Å². The molecule has 0 saturated heterocycles. The molecule has 0 aromatic heterocycles. The SMILES string of the molecule is CC1(O)CCC2C3CCC4=CCCCC4C3CCC21C. The summed E-state index contributed by atoms with van der Waals surface area (Å²) in [6, 6.07) is 0. The summed E-state index contributed by atoms with van der Waals surface area (Å²) < 4.78 is 0. The molecule has 0 aliphatic heterocycles. The quantitative estimate of drug-likeness (QED) is 0.635. The van der Waals surface area contributed by atoms with E-state index in [0.717, 1.165) is 30.1 Å². The van der Waals surface area contributed by atoms with E-state index in [0.29, 0.717) is 0 Å². The van der Waals surface area contributed by atoms with Crippen LogP contribution in [0.2, 0.25) is 0 Å². The van der Waals surface area contributed by atoms with E-state index in [1.807, 2.05) is 5.57 Å². The molecular formula is C19H30O. The standard InChI is InChI=1S/C19H30O/c1-18-11-9-15-14-6-4-3-5-13(14)7-8-16(15)17(18)10-12-19(18,2)20/h5,14-17,20H,3-4,6-12H2,1-2H3. The van der Waals surface area contributed by atoms with Gasteiger partial charge in [0.2, 0.25) is 0 Å². The topological polar surface area (TPSA) is 20.2 Å². The molecule has 0 heterocycles. The predicted octanol–water partition coefficient (Wildman–Crippen LogP) is 4.70. The van der Waals surface area contributed by atoms with Crippen LogP contribution in [-0.2, 0) is 0 Å². The molecule has 4 rings (SSSR count). The molecule has 20 heavy (non-hydrogen) atoms. The first-order chi connectivity index (χ1) is 9.53. The highest BCUT2D eigenvalue weighted by atomic mass is 16.3. The van der Waals surface area contributed by atoms with Crippen LogP contribution in [0.4, 0.5) is 0 Å². The van der Waals surface area contributed by atoms with Crippen molar-refractivity contribution < 1.29 is 5.11 Å². The van der Waals surface area contributed by atoms with E-state index in [-0.39, 0.29) is 5.41 Å². The van der Waals surface area contributed by atoms with Crippen LogP contribution in [0.3, 0.4) is 0 Å². The normalized spacial score (nSPS) is 54.6. The van der Waals surface area contributed by atoms with Crippen molar-refractivity contribution in [2.24, 2.45) is 29.1 Å². The molecule has 6 unspecified atom stereocenters. The highest BCUT2D eigenvalue weighted by Gasteiger charge is 2.60. The second-order valence-electron chi connectivity index (χ2n) is 8.56. The molecule has 3 fully saturated rings. The van der Waals surface area contributed by atoms with Crippen LogP contribution in [0.15, 0.2) is 11.6 Å². The zero-order valence-electron chi connectivity index (χ0n) is 13.2. The minimum absolute atomic E-state index is 0.198. The number of fused-ring (bicyclic) bond motifs is 5. The van der Waals surface area contributed by atoms with Crippen LogP contribution in [0.1, 0.15) is 71.6 Å². The fraction of sp³-hybridized carbons (Fsp3) is 0.895. The number of hydrogen-bond donors (Lipinski definition) is 1. The van der Waals surface area contributed by atoms with Crippen molar-refractivity contribution in [3.05, 3.63) is 11.6 Å². The summed E-state index contributed by atoms with van der Waals surface area (Å²) in [6.45, 7) is 4.51. The molecule has 0 aromatic carbocycles. The van der Waals surface area contributed by atoms with Gasteiger partial charge in [0.25, 0.3) is 0 Å². The molecule has 1 heteroatoms. The van der Waals surface area contributed by atoms with Crippen molar-refractivity contribution in [2.75, 3.05) is 0 Å². The Morgan fingerprint density at radius 1 is 1.05 bits per heavy atom. The van der Waals surface area contributed by atoms with Gasteiger partial charge in [0.05, 0.1) is 5.60 Å². The lowest BCUT2D eigenvalue weighted by molar-refractivity contribution is -0.107. The average Bonchev–Trinajstić information content (AvgIpc) is 2.69. The Kier molecular flexibility index (Phi) is 2.91. The van der Waals surface area contributed by atoms with Crippen molar-refractivity contribution in [3.8, 4) is 0 Å². The van der Waals surface area contributed by atoms with Crippen molar-refractivity contribution >= 4 is 0 Å². The lowest BCUT2D eigenvalue weighted by Gasteiger charge is -2.55. The third kappa shape index (κ3) is 1.65. The highest BCUT2D eigenvalue weighted by Crippen LogP contribution is 2.64. The summed E-state index contributed by atoms with van der Waals surface area (Å²) in [6.07, 6.45) is 14.5. The van der Waals surface area contributed by atoms with E-state index >= 15 is 0 Å². The maximum atomic E-state index is 10.9. The molecule has 0 spiro atoms. The molecule has 112 valence electrons. The first kappa shape index (κ1) is 13.4. The van der Waals surface area contributed by atoms with E-state index in [4.69, 9.17) is 0 Å². The molecule has 3 saturated carbocycles. The van der Waals surface area contributed by atoms with Gasteiger partial charge in [0.1, 0.15) is 0 Å². The molecule has 0 radical (unpaired) electrons. The van der Waals surface area contributed by atoms with Gasteiger partial charge in [-0.1, -0.05) is 18.6 Å². The summed E-state index contributed by atoms with van der Waals surface area (Å²) in [5.74, 6) is 3.56. The van der Waals surface area contributed by atoms with E-state index in [2.05, 4.69) is 19.9 Å². The minimum atomic E-state index is -0.411. The van der Waals surface area contributed by atoms with Gasteiger partial charge >= 0.3 is 0 Å². The third-order valence-electron chi connectivity index (χ3n) is 7.94. The highest BCUT2D eigenvalue weighted by molar-refractivity contribution is 5.19. The zero-order valence-corrected chi connectivity index (χ0v) is 13.2. The summed E-state index contributed by atoms with van der Waals surface area (Å²) in [4.78, 5) is 0. The van der Waals surface area contributed by atoms with Crippen LogP contribution in [0, 0.1) is 29.1 Å². The van der Waals surface area contributed by atoms with E-state index in [1.165, 1.54) is 51.4 Å². The number of allylic oxidation sites excluding steroid dienone is 2. The largest absolute Gasteiger partial charge is 0.390 e. The number of hydrogen-bond acceptors (Lipinski definition) is 1. The Hall–Kier alpha value is -0.300. The molecule has 0 amide bonds. The Morgan fingerprint density at radius 3 is 2.75 bits per heavy atom. The third-order valence-corrected chi connectivity index (χ3v) is 7.94. The van der Waals surface area contributed by atoms with Gasteiger partial charge in [-0.15, -0.1) is 0 Å². The maximum absolute atomic E-state index is 10.9. The average molecular weight is 274 g/mol. The summed E-state index contributed by atoms with van der Waals surface area (Å²) in [5.41, 5.74) is 1.60. The Bertz CT molecular complexity index is 435. The molecule has 0 aromatic rings. The lowest BCUT2D eigenvalue weighted by atomic mass is 9.51. The second kappa shape index (κ2) is 4.35. The first-order valence-corrected chi connectivity index (χ1v) is 8.94. The molecule has 4 aliphatic rings. The van der Waals surface area contributed by atoms with Crippen LogP contribution >= 0.6 is 0 Å². The van der Waals surface area contributed by atoms with Crippen molar-refractivity contribution in [3.63, 3.8) is 0 Å². The van der Waals surface area contributed by atoms with Crippen molar-refractivity contribution in [2.45, 2.75) is 77.2 Å². The summed E-state index contributed by atoms with van der Waals surface area (Å²) >= 11 is 0. The monoisotopic (exact) mass is 274 g/mol. The van der Waals surface area contributed by atoms with Crippen molar-refractivity contribution in [1.29, 1.82) is 0 Å². The first-order valence-electron chi connectivity index (χ1n) is 8.94. The maximum Gasteiger partial charge on any atom is 0.0675 e. The summed E-state index contributed by atoms with van der Waals surface area (Å²) in [5, 5.41) is 10.9. The summed E-state index contributed by atoms with van der Waals surface area (Å²) in [7, 11) is 0.